The van der Waals surface area contributed by atoms with E-state index >= 15 is 0 Å². The summed E-state index contributed by atoms with van der Waals surface area (Å²) in [7, 11) is 0. The predicted octanol–water partition coefficient (Wildman–Crippen LogP) is 3.30. The molecule has 1 fully saturated rings. The third kappa shape index (κ3) is 3.68. The van der Waals surface area contributed by atoms with Crippen molar-refractivity contribution >= 4 is 11.6 Å². The Morgan fingerprint density at radius 1 is 1.53 bits per heavy atom. The van der Waals surface area contributed by atoms with Crippen LogP contribution in [0, 0.1) is 11.7 Å². The summed E-state index contributed by atoms with van der Waals surface area (Å²) in [5.41, 5.74) is 1.01. The van der Waals surface area contributed by atoms with Crippen LogP contribution < -0.4 is 5.32 Å². The molecule has 0 bridgehead atoms. The highest BCUT2D eigenvalue weighted by Gasteiger charge is 2.26. The lowest BCUT2D eigenvalue weighted by Crippen LogP contribution is -2.53. The zero-order valence-electron chi connectivity index (χ0n) is 11.6. The van der Waals surface area contributed by atoms with Gasteiger partial charge in [0.15, 0.2) is 0 Å². The van der Waals surface area contributed by atoms with Crippen LogP contribution in [0.3, 0.4) is 0 Å². The van der Waals surface area contributed by atoms with Gasteiger partial charge in [0.25, 0.3) is 0 Å². The lowest BCUT2D eigenvalue weighted by Gasteiger charge is -2.39. The first kappa shape index (κ1) is 14.8. The summed E-state index contributed by atoms with van der Waals surface area (Å²) in [6, 6.07) is 5.21. The molecule has 2 nitrogen and oxygen atoms in total. The second-order valence-electron chi connectivity index (χ2n) is 5.36. The Balaban J connectivity index is 2.10. The van der Waals surface area contributed by atoms with E-state index < -0.39 is 0 Å². The quantitative estimate of drug-likeness (QED) is 0.913. The number of hydrogen-bond acceptors (Lipinski definition) is 2. The molecule has 0 aromatic heterocycles. The summed E-state index contributed by atoms with van der Waals surface area (Å²) in [6.45, 7) is 8.36. The summed E-state index contributed by atoms with van der Waals surface area (Å²) in [5, 5.41) is 3.98. The molecule has 0 radical (unpaired) electrons. The molecule has 0 aliphatic carbocycles. The molecule has 19 heavy (non-hydrogen) atoms. The molecule has 4 heteroatoms. The maximum atomic E-state index is 13.1. The van der Waals surface area contributed by atoms with E-state index in [1.807, 2.05) is 0 Å². The smallest absolute Gasteiger partial charge is 0.124 e. The molecule has 1 saturated heterocycles. The Morgan fingerprint density at radius 2 is 2.32 bits per heavy atom. The molecule has 1 aliphatic rings. The Hall–Kier alpha value is -0.640. The van der Waals surface area contributed by atoms with Gasteiger partial charge in [-0.05, 0) is 23.6 Å². The molecule has 1 aromatic rings. The molecule has 0 amide bonds. The molecular formula is C15H22ClFN2. The third-order valence-corrected chi connectivity index (χ3v) is 4.44. The van der Waals surface area contributed by atoms with Crippen molar-refractivity contribution in [2.24, 2.45) is 5.92 Å². The van der Waals surface area contributed by atoms with Crippen LogP contribution in [0.1, 0.15) is 25.8 Å². The van der Waals surface area contributed by atoms with Crippen molar-refractivity contribution in [1.29, 1.82) is 0 Å². The monoisotopic (exact) mass is 284 g/mol. The van der Waals surface area contributed by atoms with Crippen LogP contribution >= 0.6 is 11.6 Å². The summed E-state index contributed by atoms with van der Waals surface area (Å²) in [6.07, 6.45) is 1.17. The lowest BCUT2D eigenvalue weighted by atomic mass is 9.95. The third-order valence-electron chi connectivity index (χ3n) is 4.09. The zero-order valence-corrected chi connectivity index (χ0v) is 12.4. The lowest BCUT2D eigenvalue weighted by molar-refractivity contribution is 0.109. The van der Waals surface area contributed by atoms with Crippen molar-refractivity contribution in [2.45, 2.75) is 32.9 Å². The highest BCUT2D eigenvalue weighted by atomic mass is 35.5. The van der Waals surface area contributed by atoms with Crippen molar-refractivity contribution in [1.82, 2.24) is 10.2 Å². The first-order valence-electron chi connectivity index (χ1n) is 7.00. The van der Waals surface area contributed by atoms with Gasteiger partial charge >= 0.3 is 0 Å². The highest BCUT2D eigenvalue weighted by molar-refractivity contribution is 6.31. The first-order valence-corrected chi connectivity index (χ1v) is 7.38. The van der Waals surface area contributed by atoms with Gasteiger partial charge in [-0.1, -0.05) is 37.9 Å². The predicted molar refractivity (Wildman–Crippen MR) is 77.9 cm³/mol. The minimum Gasteiger partial charge on any atom is -0.314 e. The minimum absolute atomic E-state index is 0.271. The van der Waals surface area contributed by atoms with E-state index in [1.54, 1.807) is 6.07 Å². The number of hydrogen-bond donors (Lipinski definition) is 1. The number of nitrogens with zero attached hydrogens (tertiary/aromatic N) is 1. The van der Waals surface area contributed by atoms with Crippen molar-refractivity contribution in [3.05, 3.63) is 34.6 Å². The molecule has 1 aliphatic heterocycles. The molecule has 1 heterocycles. The van der Waals surface area contributed by atoms with Crippen LogP contribution in [-0.2, 0) is 6.54 Å². The zero-order chi connectivity index (χ0) is 13.8. The SMILES string of the molecule is CCC(C)C1CNCCN1Cc1ccc(F)cc1Cl. The van der Waals surface area contributed by atoms with Crippen molar-refractivity contribution < 1.29 is 4.39 Å². The molecule has 2 atom stereocenters. The van der Waals surface area contributed by atoms with E-state index in [0.29, 0.717) is 17.0 Å². The van der Waals surface area contributed by atoms with Crippen LogP contribution in [0.5, 0.6) is 0 Å². The topological polar surface area (TPSA) is 15.3 Å². The fraction of sp³-hybridized carbons (Fsp3) is 0.600. The van der Waals surface area contributed by atoms with E-state index in [4.69, 9.17) is 11.6 Å². The molecule has 0 spiro atoms. The van der Waals surface area contributed by atoms with E-state index in [1.165, 1.54) is 18.6 Å². The molecule has 1 N–H and O–H groups in total. The van der Waals surface area contributed by atoms with Gasteiger partial charge in [0.05, 0.1) is 0 Å². The number of rotatable bonds is 4. The van der Waals surface area contributed by atoms with Crippen molar-refractivity contribution in [2.75, 3.05) is 19.6 Å². The second-order valence-corrected chi connectivity index (χ2v) is 5.77. The number of benzene rings is 1. The molecule has 2 rings (SSSR count). The van der Waals surface area contributed by atoms with Gasteiger partial charge in [0.1, 0.15) is 5.82 Å². The Labute approximate surface area is 119 Å². The molecular weight excluding hydrogens is 263 g/mol. The van der Waals surface area contributed by atoms with Crippen LogP contribution in [-0.4, -0.2) is 30.6 Å². The van der Waals surface area contributed by atoms with Crippen LogP contribution in [0.15, 0.2) is 18.2 Å². The summed E-state index contributed by atoms with van der Waals surface area (Å²) in [4.78, 5) is 2.46. The van der Waals surface area contributed by atoms with Crippen molar-refractivity contribution in [3.63, 3.8) is 0 Å². The first-order chi connectivity index (χ1) is 9.11. The van der Waals surface area contributed by atoms with Crippen molar-refractivity contribution in [3.8, 4) is 0 Å². The van der Waals surface area contributed by atoms with E-state index in [0.717, 1.165) is 31.7 Å². The normalized spacial score (nSPS) is 22.4. The molecule has 0 saturated carbocycles. The standard InChI is InChI=1S/C15H22ClFN2/c1-3-11(2)15-9-18-6-7-19(15)10-12-4-5-13(17)8-14(12)16/h4-5,8,11,15,18H,3,6-7,9-10H2,1-2H3. The van der Waals surface area contributed by atoms with Gasteiger partial charge in [-0.3, -0.25) is 4.90 Å². The Kier molecular flexibility index (Phi) is 5.20. The van der Waals surface area contributed by atoms with Gasteiger partial charge in [-0.2, -0.15) is 0 Å². The Morgan fingerprint density at radius 3 is 3.00 bits per heavy atom. The molecule has 1 aromatic carbocycles. The van der Waals surface area contributed by atoms with Gasteiger partial charge in [0.2, 0.25) is 0 Å². The molecule has 2 unspecified atom stereocenters. The Bertz CT molecular complexity index is 425. The molecule has 106 valence electrons. The maximum Gasteiger partial charge on any atom is 0.124 e. The average Bonchev–Trinajstić information content (AvgIpc) is 2.41. The van der Waals surface area contributed by atoms with Crippen LogP contribution in [0.2, 0.25) is 5.02 Å². The van der Waals surface area contributed by atoms with E-state index in [2.05, 4.69) is 24.1 Å². The summed E-state index contributed by atoms with van der Waals surface area (Å²) >= 11 is 6.13. The number of piperazine rings is 1. The van der Waals surface area contributed by atoms with Crippen LogP contribution in [0.25, 0.3) is 0 Å². The van der Waals surface area contributed by atoms with E-state index in [9.17, 15) is 4.39 Å². The van der Waals surface area contributed by atoms with Crippen LogP contribution in [0.4, 0.5) is 4.39 Å². The largest absolute Gasteiger partial charge is 0.314 e. The number of halogens is 2. The second kappa shape index (κ2) is 6.69. The summed E-state index contributed by atoms with van der Waals surface area (Å²) in [5.74, 6) is 0.375. The van der Waals surface area contributed by atoms with Gasteiger partial charge < -0.3 is 5.32 Å². The maximum absolute atomic E-state index is 13.1. The van der Waals surface area contributed by atoms with Gasteiger partial charge in [0, 0.05) is 37.2 Å². The van der Waals surface area contributed by atoms with E-state index in [-0.39, 0.29) is 5.82 Å². The fourth-order valence-corrected chi connectivity index (χ4v) is 2.89. The van der Waals surface area contributed by atoms with Gasteiger partial charge in [-0.25, -0.2) is 4.39 Å². The number of nitrogens with one attached hydrogen (secondary N) is 1. The average molecular weight is 285 g/mol. The highest BCUT2D eigenvalue weighted by Crippen LogP contribution is 2.23. The van der Waals surface area contributed by atoms with Gasteiger partial charge in [-0.15, -0.1) is 0 Å². The fourth-order valence-electron chi connectivity index (χ4n) is 2.67. The minimum atomic E-state index is -0.271. The summed E-state index contributed by atoms with van der Waals surface area (Å²) < 4.78 is 13.1.